The molecule has 1 radical (unpaired) electrons. The summed E-state index contributed by atoms with van der Waals surface area (Å²) in [5, 5.41) is 60.8. The Morgan fingerprint density at radius 2 is 1.02 bits per heavy atom. The third-order valence-electron chi connectivity index (χ3n) is 17.6. The van der Waals surface area contributed by atoms with Gasteiger partial charge in [0.2, 0.25) is 0 Å². The number of aromatic hydroxyl groups is 1. The Morgan fingerprint density at radius 3 is 1.48 bits per heavy atom. The fourth-order valence-corrected chi connectivity index (χ4v) is 15.1. The van der Waals surface area contributed by atoms with E-state index in [4.69, 9.17) is 97.8 Å². The number of rotatable bonds is 5. The number of benzene rings is 7. The molecular formula is C82H76BBr7KN14O17. The molecule has 9 aliphatic rings. The minimum atomic E-state index is -0.953. The predicted octanol–water partition coefficient (Wildman–Crippen LogP) is 9.76. The first-order chi connectivity index (χ1) is 57.7. The van der Waals surface area contributed by atoms with Crippen molar-refractivity contribution in [1.82, 2.24) is 30.6 Å². The standard InChI is InChI=1S/C15H14N4O2.C11H9BrN2O3.C11H11BrN2O2.C10H12BrNO2.C10H7BrO3.C9H7BrO2.C6H5BrO.C4H4BN2O2.C3H3N.CBrN.CN.CH4.K/c16-14-19-15(8-21-14)4-10-2-1-3-12(13(10)20-7-15)11-5-17-9-18-6-11;12-7-3-1-2-6-4-11(5-17-8(6)7)9(15)13-10(16)14-11;12-8-3-1-2-7-4-11(5-15-9(7)8)6-16-10(13)14-11;11-8-3-1-2-7-4-10(12,5-13)6-14-9(7)8;11-8-3-1-2-6-4-7(10(12)13)5-14-9(6)8;10-8-3-1-2-6-4-7(11)5-12-9(6)8;7-5-3-1-2-4-6(5)8;8-5-9-4-1-6-3-7-2-4;1-2-3-4;2-1-3;1-2;;/h1-3,5-6,9H,4,7-8H2,(H2,16,19);1-3H,4-5H2,(H2,13,14,15,16);1-3H,4-6H2,(H2,13,14);1-3,13H,4-6,12H2;1-4H,5H2,(H,12,13);1-3H,4-5H2;1-4,8H;1-3,8H;2H,1H2;;;1H4;/q;;;;;;;;;;-1;;+1. The molecule has 11 heterocycles. The maximum atomic E-state index is 11.8. The number of nitriles is 2. The van der Waals surface area contributed by atoms with Gasteiger partial charge in [0.05, 0.1) is 63.0 Å². The molecule has 4 atom stereocenters. The average molecular weight is 2140 g/mol. The van der Waals surface area contributed by atoms with Gasteiger partial charge in [-0.25, -0.2) is 39.5 Å². The topological polar surface area (TPSA) is 482 Å². The molecule has 0 saturated carbocycles. The van der Waals surface area contributed by atoms with Gasteiger partial charge in [-0.2, -0.15) is 10.5 Å². The van der Waals surface area contributed by atoms with Crippen LogP contribution in [0, 0.1) is 33.4 Å². The van der Waals surface area contributed by atoms with Gasteiger partial charge in [-0.05, 0) is 173 Å². The number of phenolic OH excluding ortho intramolecular Hbond substituents is 1. The number of nitrogens with two attached hydrogens (primary N) is 3. The predicted molar refractivity (Wildman–Crippen MR) is 473 cm³/mol. The average Bonchev–Trinajstić information content (AvgIpc) is 1.66. The number of ketones is 1. The molecule has 3 spiro atoms. The Bertz CT molecular complexity index is 5320. The van der Waals surface area contributed by atoms with E-state index in [0.29, 0.717) is 71.5 Å². The summed E-state index contributed by atoms with van der Waals surface area (Å²) in [7, 11) is 0.582. The van der Waals surface area contributed by atoms with Crippen LogP contribution < -0.4 is 112 Å². The molecule has 40 heteroatoms. The van der Waals surface area contributed by atoms with Crippen molar-refractivity contribution in [2.24, 2.45) is 27.2 Å². The Hall–Kier alpha value is -9.39. The van der Waals surface area contributed by atoms with Gasteiger partial charge in [0.1, 0.15) is 128 Å². The fourth-order valence-electron chi connectivity index (χ4n) is 12.2. The maximum absolute atomic E-state index is 11.8. The second kappa shape index (κ2) is 49.8. The number of imide groups is 1. The number of amides is 3. The van der Waals surface area contributed by atoms with E-state index in [2.05, 4.69) is 163 Å². The Kier molecular flexibility index (Phi) is 41.4. The summed E-state index contributed by atoms with van der Waals surface area (Å²) in [6, 6.07) is 43.6. The second-order valence-corrected chi connectivity index (χ2v) is 31.7. The van der Waals surface area contributed by atoms with Crippen LogP contribution in [0.1, 0.15) is 40.8 Å². The zero-order chi connectivity index (χ0) is 87.0. The number of halogens is 7. The monoisotopic (exact) mass is 2130 g/mol. The van der Waals surface area contributed by atoms with Crippen molar-refractivity contribution in [2.45, 2.75) is 61.7 Å². The number of allylic oxidation sites excluding steroid dienone is 1. The van der Waals surface area contributed by atoms with E-state index in [-0.39, 0.29) is 131 Å². The van der Waals surface area contributed by atoms with Crippen LogP contribution in [0.5, 0.6) is 46.0 Å². The second-order valence-electron chi connectivity index (χ2n) is 26.2. The molecule has 2 aromatic heterocycles. The smallest absolute Gasteiger partial charge is 0.535 e. The quantitative estimate of drug-likeness (QED) is 0.0335. The first kappa shape index (κ1) is 101. The van der Waals surface area contributed by atoms with Gasteiger partial charge in [-0.3, -0.25) is 14.9 Å². The number of para-hydroxylation sites is 7. The van der Waals surface area contributed by atoms with Gasteiger partial charge in [0.15, 0.2) is 11.3 Å². The van der Waals surface area contributed by atoms with Crippen LogP contribution in [-0.4, -0.2) is 165 Å². The maximum Gasteiger partial charge on any atom is 1.00 e. The van der Waals surface area contributed by atoms with E-state index < -0.39 is 23.1 Å². The van der Waals surface area contributed by atoms with E-state index >= 15 is 0 Å². The third kappa shape index (κ3) is 28.6. The number of carbonyl (C=O) groups is 4. The van der Waals surface area contributed by atoms with Crippen LogP contribution in [0.2, 0.25) is 0 Å². The van der Waals surface area contributed by atoms with Gasteiger partial charge >= 0.3 is 71.1 Å². The van der Waals surface area contributed by atoms with Crippen molar-refractivity contribution in [3.63, 3.8) is 0 Å². The number of Topliss-reactive ketones (excluding diaryl/α,β-unsaturated/α-hetero) is 1. The number of urea groups is 1. The molecule has 1 fully saturated rings. The Labute approximate surface area is 804 Å². The third-order valence-corrected chi connectivity index (χ3v) is 21.4. The number of nitrogens with zero attached hydrogens (tertiary/aromatic N) is 9. The first-order valence-electron chi connectivity index (χ1n) is 35.2. The Morgan fingerprint density at radius 1 is 0.590 bits per heavy atom. The largest absolute Gasteiger partial charge is 1.00 e. The molecule has 9 aliphatic heterocycles. The zero-order valence-corrected chi connectivity index (χ0v) is 78.2. The molecule has 1 saturated heterocycles. The van der Waals surface area contributed by atoms with Crippen molar-refractivity contribution in [3.05, 3.63) is 256 Å². The molecule has 18 rings (SSSR count). The molecule has 31 nitrogen and oxygen atoms in total. The molecule has 629 valence electrons. The summed E-state index contributed by atoms with van der Waals surface area (Å²) in [6.07, 6.45) is 15.3. The normalized spacial score (nSPS) is 18.6. The van der Waals surface area contributed by atoms with Crippen molar-refractivity contribution >= 4 is 161 Å². The minimum absolute atomic E-state index is 0. The fraction of sp³-hybridized carbons (Fsp3) is 0.232. The number of carbonyl (C=O) groups excluding carboxylic acids is 3. The number of aliphatic carboxylic acids is 1. The number of aliphatic imine (C=N–C) groups is 2. The Balaban J connectivity index is 0.000000215. The number of aliphatic hydroxyl groups excluding tert-OH is 1. The molecule has 0 aliphatic carbocycles. The van der Waals surface area contributed by atoms with Crippen molar-refractivity contribution in [3.8, 4) is 68.2 Å². The summed E-state index contributed by atoms with van der Waals surface area (Å²) >= 11 is 22.6. The number of ether oxygens (including phenoxy) is 8. The van der Waals surface area contributed by atoms with Crippen molar-refractivity contribution < 1.29 is 133 Å². The van der Waals surface area contributed by atoms with E-state index in [0.717, 1.165) is 113 Å². The number of aliphatic hydroxyl groups is 1. The number of fused-ring (bicyclic) bond motifs is 6. The van der Waals surface area contributed by atoms with Crippen molar-refractivity contribution in [2.75, 3.05) is 59.5 Å². The summed E-state index contributed by atoms with van der Waals surface area (Å²) in [5.41, 5.74) is 23.0. The summed E-state index contributed by atoms with van der Waals surface area (Å²) in [5.74, 6) is 4.48. The van der Waals surface area contributed by atoms with E-state index in [9.17, 15) is 19.2 Å². The molecule has 9 aromatic rings. The zero-order valence-electron chi connectivity index (χ0n) is 64.0. The van der Waals surface area contributed by atoms with E-state index in [1.54, 1.807) is 47.7 Å². The summed E-state index contributed by atoms with van der Waals surface area (Å²) in [6.45, 7) is 10.6. The number of nitrogens with one attached hydrogen (secondary N) is 2. The van der Waals surface area contributed by atoms with Crippen LogP contribution in [-0.2, 0) is 56.0 Å². The van der Waals surface area contributed by atoms with Crippen molar-refractivity contribution in [1.29, 1.82) is 15.8 Å². The van der Waals surface area contributed by atoms with E-state index in [1.165, 1.54) is 31.1 Å². The molecular weight excluding hydrogens is 2060 g/mol. The molecule has 7 aromatic carbocycles. The number of hydrogen-bond acceptors (Lipinski definition) is 28. The van der Waals surface area contributed by atoms with E-state index in [1.807, 2.05) is 115 Å². The molecule has 3 amide bonds. The number of carboxylic acid groups (broad SMARTS) is 1. The summed E-state index contributed by atoms with van der Waals surface area (Å²) in [4.78, 5) is 70.4. The number of phenols is 1. The van der Waals surface area contributed by atoms with Gasteiger partial charge < -0.3 is 97.2 Å². The van der Waals surface area contributed by atoms with Crippen LogP contribution in [0.4, 0.5) is 4.79 Å². The van der Waals surface area contributed by atoms with Gasteiger partial charge in [-0.1, -0.05) is 105 Å². The molecule has 0 bridgehead atoms. The molecule has 4 unspecified atom stereocenters. The number of carboxylic acids is 1. The molecule has 122 heavy (non-hydrogen) atoms. The number of hydrogen-bond donors (Lipinski definition) is 9. The first-order valence-corrected chi connectivity index (χ1v) is 40.8. The van der Waals surface area contributed by atoms with Crippen LogP contribution in [0.3, 0.4) is 0 Å². The SMILES string of the molecule is C.C=CC#N.N#CBr.NC1(CO)COc2c(Br)cccc2C1.NC1=NC2(CO1)COc1c(Br)cccc1C2.NC1=NC2(CO1)COc1c(cccc1-c1cncnc1)C2.O=C(O)C1=Cc2cccc(Br)c2OC1.O=C1COc2c(Br)cccc2C1.O=C1NC(=O)C2(COc3c(Br)cccc3C2)N1.O[B]Oc1cncnc1.Oc1ccccc1Br.[C-]#N.[K+]. The van der Waals surface area contributed by atoms with Gasteiger partial charge in [-0.15, -0.1) is 0 Å². The van der Waals surface area contributed by atoms with Crippen LogP contribution in [0.15, 0.2) is 226 Å². The number of amidine groups is 2. The van der Waals surface area contributed by atoms with Gasteiger partial charge in [0.25, 0.3) is 18.0 Å². The summed E-state index contributed by atoms with van der Waals surface area (Å²) < 4.78 is 53.8. The van der Waals surface area contributed by atoms with Crippen LogP contribution in [0.25, 0.3) is 17.2 Å². The number of aromatic nitrogens is 4. The van der Waals surface area contributed by atoms with Gasteiger partial charge in [0, 0.05) is 82.3 Å². The van der Waals surface area contributed by atoms with Crippen LogP contribution >= 0.6 is 112 Å². The molecule has 12 N–H and O–H groups in total. The minimum Gasteiger partial charge on any atom is -0.535 e.